The van der Waals surface area contributed by atoms with Crippen LogP contribution in [0.3, 0.4) is 0 Å². The Balaban J connectivity index is 1.59. The topological polar surface area (TPSA) is 63.7 Å². The fraction of sp³-hybridized carbons (Fsp3) is 0.800. The van der Waals surface area contributed by atoms with Gasteiger partial charge in [0.1, 0.15) is 5.78 Å². The minimum atomic E-state index is -0.696. The second-order valence-corrected chi connectivity index (χ2v) is 9.22. The molecule has 0 aromatic carbocycles. The van der Waals surface area contributed by atoms with Gasteiger partial charge in [0.15, 0.2) is 5.60 Å². The van der Waals surface area contributed by atoms with E-state index in [-0.39, 0.29) is 36.4 Å². The summed E-state index contributed by atoms with van der Waals surface area (Å²) in [5.74, 6) is 6.55. The van der Waals surface area contributed by atoms with Crippen LogP contribution in [-0.4, -0.2) is 28.3 Å². The van der Waals surface area contributed by atoms with E-state index >= 15 is 0 Å². The zero-order chi connectivity index (χ0) is 21.6. The Labute approximate surface area is 181 Å². The summed E-state index contributed by atoms with van der Waals surface area (Å²) in [7, 11) is 0. The maximum Gasteiger partial charge on any atom is 0.254 e. The maximum atomic E-state index is 12.9. The molecule has 2 amide bonds. The van der Waals surface area contributed by atoms with Gasteiger partial charge in [-0.15, -0.1) is 0 Å². The molecule has 0 radical (unpaired) electrons. The SMILES string of the molecule is CCCCCCCC(=O)C(C#CC1(ON2C(=O)CCC2=O)C2CC21)CCCCCC. The predicted octanol–water partition coefficient (Wildman–Crippen LogP) is 4.98. The third kappa shape index (κ3) is 5.52. The van der Waals surface area contributed by atoms with Crippen molar-refractivity contribution >= 4 is 17.6 Å². The lowest BCUT2D eigenvalue weighted by molar-refractivity contribution is -0.207. The van der Waals surface area contributed by atoms with Crippen molar-refractivity contribution in [2.75, 3.05) is 0 Å². The van der Waals surface area contributed by atoms with E-state index in [2.05, 4.69) is 25.7 Å². The van der Waals surface area contributed by atoms with Crippen LogP contribution in [-0.2, 0) is 19.2 Å². The quantitative estimate of drug-likeness (QED) is 0.228. The van der Waals surface area contributed by atoms with Gasteiger partial charge in [0.25, 0.3) is 11.8 Å². The molecule has 5 nitrogen and oxygen atoms in total. The molecule has 3 fully saturated rings. The highest BCUT2D eigenvalue weighted by Crippen LogP contribution is 2.73. The molecule has 3 atom stereocenters. The van der Waals surface area contributed by atoms with Gasteiger partial charge in [0.05, 0.1) is 5.92 Å². The second-order valence-electron chi connectivity index (χ2n) is 9.22. The van der Waals surface area contributed by atoms with Crippen molar-refractivity contribution in [3.8, 4) is 11.8 Å². The lowest BCUT2D eigenvalue weighted by Crippen LogP contribution is -2.38. The molecule has 5 heteroatoms. The van der Waals surface area contributed by atoms with Crippen LogP contribution in [0.2, 0.25) is 0 Å². The van der Waals surface area contributed by atoms with Crippen LogP contribution in [0.1, 0.15) is 104 Å². The first kappa shape index (κ1) is 23.0. The van der Waals surface area contributed by atoms with Crippen LogP contribution in [0.4, 0.5) is 0 Å². The number of hydrogen-bond acceptors (Lipinski definition) is 4. The van der Waals surface area contributed by atoms with E-state index in [0.29, 0.717) is 18.3 Å². The summed E-state index contributed by atoms with van der Waals surface area (Å²) in [6, 6.07) is 0. The Bertz CT molecular complexity index is 680. The molecule has 1 aliphatic heterocycles. The van der Waals surface area contributed by atoms with Crippen molar-refractivity contribution in [2.45, 2.75) is 109 Å². The van der Waals surface area contributed by atoms with Crippen LogP contribution < -0.4 is 0 Å². The maximum absolute atomic E-state index is 12.9. The zero-order valence-corrected chi connectivity index (χ0v) is 18.7. The number of Topliss-reactive ketones (excluding diaryl/α,β-unsaturated/α-hetero) is 1. The van der Waals surface area contributed by atoms with Gasteiger partial charge in [-0.25, -0.2) is 4.84 Å². The number of rotatable bonds is 14. The number of imide groups is 1. The van der Waals surface area contributed by atoms with E-state index in [9.17, 15) is 14.4 Å². The Kier molecular flexibility index (Phi) is 8.11. The van der Waals surface area contributed by atoms with Crippen LogP contribution in [0, 0.1) is 29.6 Å². The van der Waals surface area contributed by atoms with Gasteiger partial charge in [-0.3, -0.25) is 14.4 Å². The number of fused-ring (bicyclic) bond motifs is 1. The third-order valence-electron chi connectivity index (χ3n) is 6.73. The highest BCUT2D eigenvalue weighted by atomic mass is 16.7. The molecule has 2 saturated carbocycles. The van der Waals surface area contributed by atoms with Crippen LogP contribution in [0.25, 0.3) is 0 Å². The molecule has 3 unspecified atom stereocenters. The Morgan fingerprint density at radius 2 is 1.60 bits per heavy atom. The predicted molar refractivity (Wildman–Crippen MR) is 115 cm³/mol. The summed E-state index contributed by atoms with van der Waals surface area (Å²) >= 11 is 0. The van der Waals surface area contributed by atoms with Gasteiger partial charge in [-0.1, -0.05) is 77.1 Å². The number of carbonyl (C=O) groups is 3. The number of unbranched alkanes of at least 4 members (excludes halogenated alkanes) is 7. The Morgan fingerprint density at radius 3 is 2.17 bits per heavy atom. The third-order valence-corrected chi connectivity index (χ3v) is 6.73. The van der Waals surface area contributed by atoms with Crippen molar-refractivity contribution in [2.24, 2.45) is 17.8 Å². The molecule has 0 bridgehead atoms. The van der Waals surface area contributed by atoms with E-state index in [4.69, 9.17) is 4.84 Å². The molecule has 1 heterocycles. The van der Waals surface area contributed by atoms with Crippen LogP contribution in [0.15, 0.2) is 0 Å². The first-order chi connectivity index (χ1) is 14.5. The summed E-state index contributed by atoms with van der Waals surface area (Å²) in [5.41, 5.74) is -0.696. The first-order valence-electron chi connectivity index (χ1n) is 12.1. The van der Waals surface area contributed by atoms with Crippen molar-refractivity contribution in [3.05, 3.63) is 0 Å². The van der Waals surface area contributed by atoms with E-state index in [1.807, 2.05) is 0 Å². The van der Waals surface area contributed by atoms with Gasteiger partial charge in [0.2, 0.25) is 0 Å². The number of carbonyl (C=O) groups excluding carboxylic acids is 3. The molecule has 0 aromatic heterocycles. The standard InChI is InChI=1S/C25H37NO4/c1-3-5-7-9-11-13-22(27)19(12-10-8-6-4-2)16-17-25(20-18-21(20)25)30-26-23(28)14-15-24(26)29/h19-21H,3-15,18H2,1-2H3. The number of nitrogens with zero attached hydrogens (tertiary/aromatic N) is 1. The minimum absolute atomic E-state index is 0.217. The molecule has 3 rings (SSSR count). The molecule has 166 valence electrons. The van der Waals surface area contributed by atoms with Crippen LogP contribution in [0.5, 0.6) is 0 Å². The van der Waals surface area contributed by atoms with E-state index in [0.717, 1.165) is 43.6 Å². The van der Waals surface area contributed by atoms with E-state index < -0.39 is 5.60 Å². The fourth-order valence-corrected chi connectivity index (χ4v) is 4.41. The summed E-state index contributed by atoms with van der Waals surface area (Å²) < 4.78 is 0. The van der Waals surface area contributed by atoms with E-state index in [1.165, 1.54) is 32.1 Å². The highest BCUT2D eigenvalue weighted by Gasteiger charge is 2.80. The average molecular weight is 416 g/mol. The molecule has 0 N–H and O–H groups in total. The minimum Gasteiger partial charge on any atom is -0.298 e. The lowest BCUT2D eigenvalue weighted by atomic mass is 9.92. The molecule has 30 heavy (non-hydrogen) atoms. The number of ketones is 1. The fourth-order valence-electron chi connectivity index (χ4n) is 4.41. The molecule has 2 aliphatic carbocycles. The number of amides is 2. The Morgan fingerprint density at radius 1 is 1.00 bits per heavy atom. The van der Waals surface area contributed by atoms with Crippen LogP contribution >= 0.6 is 0 Å². The van der Waals surface area contributed by atoms with Crippen molar-refractivity contribution in [1.82, 2.24) is 5.06 Å². The van der Waals surface area contributed by atoms with Gasteiger partial charge in [-0.2, -0.15) is 5.06 Å². The van der Waals surface area contributed by atoms with Gasteiger partial charge in [-0.05, 0) is 19.3 Å². The van der Waals surface area contributed by atoms with Gasteiger partial charge in [0, 0.05) is 31.1 Å². The molecule has 0 spiro atoms. The molecule has 1 saturated heterocycles. The summed E-state index contributed by atoms with van der Waals surface area (Å²) in [6.45, 7) is 4.37. The number of hydroxylamine groups is 2. The normalized spacial score (nSPS) is 27.5. The smallest absolute Gasteiger partial charge is 0.254 e. The molecular weight excluding hydrogens is 378 g/mol. The first-order valence-corrected chi connectivity index (χ1v) is 12.1. The Hall–Kier alpha value is -1.67. The summed E-state index contributed by atoms with van der Waals surface area (Å²) in [6.07, 6.45) is 13.0. The summed E-state index contributed by atoms with van der Waals surface area (Å²) in [5, 5.41) is 0.937. The highest BCUT2D eigenvalue weighted by molar-refractivity contribution is 6.00. The van der Waals surface area contributed by atoms with Crippen molar-refractivity contribution in [3.63, 3.8) is 0 Å². The largest absolute Gasteiger partial charge is 0.298 e. The average Bonchev–Trinajstić information content (AvgIpc) is 3.62. The number of hydrogen-bond donors (Lipinski definition) is 0. The van der Waals surface area contributed by atoms with E-state index in [1.54, 1.807) is 0 Å². The molecular formula is C25H37NO4. The molecule has 0 aromatic rings. The van der Waals surface area contributed by atoms with Gasteiger partial charge >= 0.3 is 0 Å². The van der Waals surface area contributed by atoms with Crippen molar-refractivity contribution < 1.29 is 19.2 Å². The van der Waals surface area contributed by atoms with Gasteiger partial charge < -0.3 is 0 Å². The second kappa shape index (κ2) is 10.6. The monoisotopic (exact) mass is 415 g/mol. The zero-order valence-electron chi connectivity index (χ0n) is 18.7. The van der Waals surface area contributed by atoms with Crippen molar-refractivity contribution in [1.29, 1.82) is 0 Å². The molecule has 3 aliphatic rings. The summed E-state index contributed by atoms with van der Waals surface area (Å²) in [4.78, 5) is 42.6. The lowest BCUT2D eigenvalue weighted by Gasteiger charge is -2.22.